The van der Waals surface area contributed by atoms with Crippen molar-refractivity contribution >= 4 is 35.1 Å². The molecule has 1 N–H and O–H groups in total. The Labute approximate surface area is 187 Å². The molecule has 3 aromatic rings. The Kier molecular flexibility index (Phi) is 9.08. The van der Waals surface area contributed by atoms with Gasteiger partial charge >= 0.3 is 6.09 Å². The Morgan fingerprint density at radius 1 is 1.19 bits per heavy atom. The lowest BCUT2D eigenvalue weighted by Crippen LogP contribution is -2.15. The van der Waals surface area contributed by atoms with Crippen molar-refractivity contribution in [3.05, 3.63) is 53.8 Å². The van der Waals surface area contributed by atoms with Gasteiger partial charge in [-0.3, -0.25) is 10.00 Å². The Bertz CT molecular complexity index is 992. The number of fused-ring (bicyclic) bond motifs is 1. The second-order valence-corrected chi connectivity index (χ2v) is 7.17. The third-order valence-corrected chi connectivity index (χ3v) is 4.47. The lowest BCUT2D eigenvalue weighted by Gasteiger charge is -2.09. The summed E-state index contributed by atoms with van der Waals surface area (Å²) < 4.78 is 25.9. The molecule has 0 fully saturated rings. The lowest BCUT2D eigenvalue weighted by atomic mass is 10.2. The number of hydrogen-bond donors (Lipinski definition) is 1. The van der Waals surface area contributed by atoms with Crippen LogP contribution in [0.5, 0.6) is 5.88 Å². The zero-order valence-electron chi connectivity index (χ0n) is 17.9. The molecule has 0 atom stereocenters. The number of rotatable bonds is 9. The molecule has 0 aliphatic rings. The SMILES string of the molecule is CCOC(=O)Nc1ccc2c(c1)c(OCCCN(C)C)nn2Cc1ccc(F)cc1.Cl. The molecule has 168 valence electrons. The number of carbonyl (C=O) groups excluding carboxylic acids is 1. The van der Waals surface area contributed by atoms with E-state index in [0.717, 1.165) is 29.4 Å². The molecule has 7 nitrogen and oxygen atoms in total. The highest BCUT2D eigenvalue weighted by molar-refractivity contribution is 5.92. The highest BCUT2D eigenvalue weighted by atomic mass is 35.5. The molecule has 2 aromatic carbocycles. The van der Waals surface area contributed by atoms with Crippen LogP contribution in [-0.4, -0.2) is 54.6 Å². The monoisotopic (exact) mass is 450 g/mol. The molecule has 0 bridgehead atoms. The van der Waals surface area contributed by atoms with E-state index in [-0.39, 0.29) is 18.2 Å². The van der Waals surface area contributed by atoms with Gasteiger partial charge in [-0.2, -0.15) is 0 Å². The van der Waals surface area contributed by atoms with Crippen LogP contribution in [0.15, 0.2) is 42.5 Å². The van der Waals surface area contributed by atoms with Crippen LogP contribution in [0.3, 0.4) is 0 Å². The van der Waals surface area contributed by atoms with Gasteiger partial charge < -0.3 is 14.4 Å². The standard InChI is InChI=1S/C22H27FN4O3.ClH/c1-4-29-22(28)24-18-10-11-20-19(14-18)21(30-13-5-12-26(2)3)25-27(20)15-16-6-8-17(23)9-7-16;/h6-11,14H,4-5,12-13,15H2,1-3H3,(H,24,28);1H. The Morgan fingerprint density at radius 3 is 2.61 bits per heavy atom. The predicted molar refractivity (Wildman–Crippen MR) is 122 cm³/mol. The molecule has 1 aromatic heterocycles. The first-order chi connectivity index (χ1) is 14.5. The second kappa shape index (κ2) is 11.5. The maximum Gasteiger partial charge on any atom is 0.411 e. The summed E-state index contributed by atoms with van der Waals surface area (Å²) in [4.78, 5) is 13.9. The van der Waals surface area contributed by atoms with E-state index in [0.29, 0.717) is 31.3 Å². The van der Waals surface area contributed by atoms with Crippen molar-refractivity contribution < 1.29 is 18.7 Å². The highest BCUT2D eigenvalue weighted by Gasteiger charge is 2.14. The van der Waals surface area contributed by atoms with Crippen molar-refractivity contribution in [1.82, 2.24) is 14.7 Å². The van der Waals surface area contributed by atoms with Crippen molar-refractivity contribution in [3.63, 3.8) is 0 Å². The second-order valence-electron chi connectivity index (χ2n) is 7.17. The summed E-state index contributed by atoms with van der Waals surface area (Å²) in [7, 11) is 4.03. The minimum atomic E-state index is -0.510. The Balaban J connectivity index is 0.00000341. The smallest absolute Gasteiger partial charge is 0.411 e. The largest absolute Gasteiger partial charge is 0.476 e. The molecule has 0 aliphatic heterocycles. The predicted octanol–water partition coefficient (Wildman–Crippen LogP) is 4.54. The number of nitrogens with zero attached hydrogens (tertiary/aromatic N) is 3. The van der Waals surface area contributed by atoms with E-state index < -0.39 is 6.09 Å². The first-order valence-electron chi connectivity index (χ1n) is 9.92. The van der Waals surface area contributed by atoms with Crippen molar-refractivity contribution in [3.8, 4) is 5.88 Å². The van der Waals surface area contributed by atoms with Gasteiger partial charge in [-0.15, -0.1) is 17.5 Å². The minimum absolute atomic E-state index is 0. The number of ether oxygens (including phenoxy) is 2. The molecule has 0 saturated carbocycles. The number of nitrogens with one attached hydrogen (secondary N) is 1. The van der Waals surface area contributed by atoms with E-state index in [4.69, 9.17) is 9.47 Å². The van der Waals surface area contributed by atoms with Gasteiger partial charge in [0.1, 0.15) is 5.82 Å². The first kappa shape index (κ1) is 24.4. The maximum absolute atomic E-state index is 13.2. The van der Waals surface area contributed by atoms with Crippen molar-refractivity contribution in [2.24, 2.45) is 0 Å². The van der Waals surface area contributed by atoms with Crippen LogP contribution in [0.2, 0.25) is 0 Å². The summed E-state index contributed by atoms with van der Waals surface area (Å²) >= 11 is 0. The van der Waals surface area contributed by atoms with E-state index >= 15 is 0 Å². The third kappa shape index (κ3) is 6.83. The van der Waals surface area contributed by atoms with E-state index in [9.17, 15) is 9.18 Å². The first-order valence-corrected chi connectivity index (χ1v) is 9.92. The summed E-state index contributed by atoms with van der Waals surface area (Å²) in [6, 6.07) is 11.8. The van der Waals surface area contributed by atoms with Crippen LogP contribution < -0.4 is 10.1 Å². The van der Waals surface area contributed by atoms with E-state index in [1.807, 2.05) is 30.9 Å². The molecule has 3 rings (SSSR count). The number of amides is 1. The third-order valence-electron chi connectivity index (χ3n) is 4.47. The normalized spacial score (nSPS) is 10.7. The number of halogens is 2. The molecular formula is C22H28ClFN4O3. The van der Waals surface area contributed by atoms with Crippen LogP contribution in [0.25, 0.3) is 10.9 Å². The molecular weight excluding hydrogens is 423 g/mol. The van der Waals surface area contributed by atoms with Gasteiger partial charge in [-0.1, -0.05) is 12.1 Å². The Hall–Kier alpha value is -2.84. The molecule has 1 heterocycles. The van der Waals surface area contributed by atoms with E-state index in [1.54, 1.807) is 25.1 Å². The van der Waals surface area contributed by atoms with Crippen molar-refractivity contribution in [2.75, 3.05) is 39.2 Å². The minimum Gasteiger partial charge on any atom is -0.476 e. The molecule has 9 heteroatoms. The number of benzene rings is 2. The van der Waals surface area contributed by atoms with E-state index in [1.165, 1.54) is 12.1 Å². The Morgan fingerprint density at radius 2 is 1.94 bits per heavy atom. The summed E-state index contributed by atoms with van der Waals surface area (Å²) in [5.74, 6) is 0.224. The molecule has 1 amide bonds. The van der Waals surface area contributed by atoms with Crippen LogP contribution in [0, 0.1) is 5.82 Å². The molecule has 0 aliphatic carbocycles. The van der Waals surface area contributed by atoms with Gasteiger partial charge in [0.05, 0.1) is 30.7 Å². The average molecular weight is 451 g/mol. The zero-order valence-corrected chi connectivity index (χ0v) is 18.7. The fourth-order valence-corrected chi connectivity index (χ4v) is 3.05. The van der Waals surface area contributed by atoms with Crippen molar-refractivity contribution in [1.29, 1.82) is 0 Å². The van der Waals surface area contributed by atoms with Crippen LogP contribution in [-0.2, 0) is 11.3 Å². The summed E-state index contributed by atoms with van der Waals surface area (Å²) in [6.07, 6.45) is 0.351. The topological polar surface area (TPSA) is 68.6 Å². The van der Waals surface area contributed by atoms with Crippen LogP contribution >= 0.6 is 12.4 Å². The van der Waals surface area contributed by atoms with Gasteiger partial charge in [0.25, 0.3) is 0 Å². The number of carbonyl (C=O) groups is 1. The van der Waals surface area contributed by atoms with Gasteiger partial charge in [-0.25, -0.2) is 9.18 Å². The number of aromatic nitrogens is 2. The molecule has 31 heavy (non-hydrogen) atoms. The maximum atomic E-state index is 13.2. The fourth-order valence-electron chi connectivity index (χ4n) is 3.05. The summed E-state index contributed by atoms with van der Waals surface area (Å²) in [6.45, 7) is 3.95. The van der Waals surface area contributed by atoms with Gasteiger partial charge in [0, 0.05) is 12.2 Å². The quantitative estimate of drug-likeness (QED) is 0.484. The zero-order chi connectivity index (χ0) is 21.5. The molecule has 0 spiro atoms. The van der Waals surface area contributed by atoms with Crippen molar-refractivity contribution in [2.45, 2.75) is 19.9 Å². The molecule has 0 saturated heterocycles. The highest BCUT2D eigenvalue weighted by Crippen LogP contribution is 2.29. The molecule has 0 unspecified atom stereocenters. The van der Waals surface area contributed by atoms with Crippen LogP contribution in [0.4, 0.5) is 14.9 Å². The van der Waals surface area contributed by atoms with Crippen LogP contribution in [0.1, 0.15) is 18.9 Å². The number of anilines is 1. The van der Waals surface area contributed by atoms with Gasteiger partial charge in [0.15, 0.2) is 0 Å². The van der Waals surface area contributed by atoms with E-state index in [2.05, 4.69) is 15.3 Å². The number of hydrogen-bond acceptors (Lipinski definition) is 5. The molecule has 0 radical (unpaired) electrons. The average Bonchev–Trinajstić information content (AvgIpc) is 3.04. The van der Waals surface area contributed by atoms with Gasteiger partial charge in [0.2, 0.25) is 5.88 Å². The summed E-state index contributed by atoms with van der Waals surface area (Å²) in [5.41, 5.74) is 2.38. The fraction of sp³-hybridized carbons (Fsp3) is 0.364. The summed E-state index contributed by atoms with van der Waals surface area (Å²) in [5, 5.41) is 8.12. The lowest BCUT2D eigenvalue weighted by molar-refractivity contribution is 0.168. The van der Waals surface area contributed by atoms with Gasteiger partial charge in [-0.05, 0) is 63.3 Å².